The van der Waals surface area contributed by atoms with Gasteiger partial charge in [0.15, 0.2) is 0 Å². The first kappa shape index (κ1) is 20.6. The Labute approximate surface area is 186 Å². The average molecular weight is 435 g/mol. The van der Waals surface area contributed by atoms with Crippen LogP contribution in [-0.2, 0) is 11.3 Å². The van der Waals surface area contributed by atoms with E-state index >= 15 is 0 Å². The highest BCUT2D eigenvalue weighted by atomic mass is 19.1. The number of carbonyl (C=O) groups excluding carboxylic acids is 1. The molecular formula is C24H27FN6O. The molecule has 32 heavy (non-hydrogen) atoms. The zero-order valence-electron chi connectivity index (χ0n) is 18.0. The molecule has 3 aromatic rings. The van der Waals surface area contributed by atoms with Crippen molar-refractivity contribution in [3.8, 4) is 11.3 Å². The number of carbonyl (C=O) groups is 1. The quantitative estimate of drug-likeness (QED) is 0.615. The normalized spacial score (nSPS) is 17.2. The van der Waals surface area contributed by atoms with Crippen LogP contribution >= 0.6 is 0 Å². The number of nitrogens with zero attached hydrogens (tertiary/aromatic N) is 6. The van der Waals surface area contributed by atoms with Crippen LogP contribution in [0.5, 0.6) is 0 Å². The van der Waals surface area contributed by atoms with Gasteiger partial charge in [-0.05, 0) is 49.2 Å². The molecule has 2 aromatic heterocycles. The first-order chi connectivity index (χ1) is 15.7. The summed E-state index contributed by atoms with van der Waals surface area (Å²) < 4.78 is 15.2. The smallest absolute Gasteiger partial charge is 0.244 e. The van der Waals surface area contributed by atoms with Gasteiger partial charge in [0.25, 0.3) is 0 Å². The van der Waals surface area contributed by atoms with Crippen LogP contribution in [0.25, 0.3) is 11.3 Å². The highest BCUT2D eigenvalue weighted by molar-refractivity contribution is 5.76. The van der Waals surface area contributed by atoms with E-state index in [0.717, 1.165) is 29.8 Å². The predicted octanol–water partition coefficient (Wildman–Crippen LogP) is 3.49. The molecule has 0 unspecified atom stereocenters. The zero-order chi connectivity index (χ0) is 21.9. The standard InChI is InChI=1S/C24H27FN6O/c25-20-8-6-18(7-9-20)21-16-22(19-4-1-2-5-19)31(28-21)17-23(32)29-12-14-30(15-13-29)24-26-10-3-11-27-24/h3,6-11,16,19H,1-2,4-5,12-15,17H2. The van der Waals surface area contributed by atoms with Gasteiger partial charge < -0.3 is 9.80 Å². The van der Waals surface area contributed by atoms with Crippen molar-refractivity contribution in [2.24, 2.45) is 0 Å². The summed E-state index contributed by atoms with van der Waals surface area (Å²) in [6.45, 7) is 2.94. The van der Waals surface area contributed by atoms with Crippen molar-refractivity contribution in [2.45, 2.75) is 38.1 Å². The second kappa shape index (κ2) is 9.06. The van der Waals surface area contributed by atoms with Gasteiger partial charge in [0.2, 0.25) is 11.9 Å². The molecule has 3 heterocycles. The first-order valence-electron chi connectivity index (χ1n) is 11.3. The molecule has 8 heteroatoms. The van der Waals surface area contributed by atoms with E-state index < -0.39 is 0 Å². The molecule has 1 saturated carbocycles. The molecule has 0 N–H and O–H groups in total. The number of anilines is 1. The lowest BCUT2D eigenvalue weighted by molar-refractivity contribution is -0.132. The Morgan fingerprint density at radius 2 is 1.69 bits per heavy atom. The highest BCUT2D eigenvalue weighted by Gasteiger charge is 2.26. The second-order valence-corrected chi connectivity index (χ2v) is 8.52. The molecule has 1 saturated heterocycles. The van der Waals surface area contributed by atoms with Gasteiger partial charge in [0, 0.05) is 55.7 Å². The Kier molecular flexibility index (Phi) is 5.83. The van der Waals surface area contributed by atoms with Crippen LogP contribution in [0.15, 0.2) is 48.8 Å². The number of hydrogen-bond donors (Lipinski definition) is 0. The summed E-state index contributed by atoms with van der Waals surface area (Å²) >= 11 is 0. The van der Waals surface area contributed by atoms with Crippen LogP contribution in [0.3, 0.4) is 0 Å². The maximum Gasteiger partial charge on any atom is 0.244 e. The molecule has 5 rings (SSSR count). The van der Waals surface area contributed by atoms with Gasteiger partial charge >= 0.3 is 0 Å². The molecule has 1 aromatic carbocycles. The highest BCUT2D eigenvalue weighted by Crippen LogP contribution is 2.36. The number of benzene rings is 1. The fourth-order valence-electron chi connectivity index (χ4n) is 4.71. The zero-order valence-corrected chi connectivity index (χ0v) is 18.0. The topological polar surface area (TPSA) is 67.2 Å². The molecule has 0 radical (unpaired) electrons. The monoisotopic (exact) mass is 434 g/mol. The van der Waals surface area contributed by atoms with Gasteiger partial charge in [-0.3, -0.25) is 9.48 Å². The summed E-state index contributed by atoms with van der Waals surface area (Å²) in [6.07, 6.45) is 8.14. The third-order valence-corrected chi connectivity index (χ3v) is 6.48. The fourth-order valence-corrected chi connectivity index (χ4v) is 4.71. The van der Waals surface area contributed by atoms with Crippen molar-refractivity contribution in [3.05, 3.63) is 60.3 Å². The maximum atomic E-state index is 13.4. The van der Waals surface area contributed by atoms with Crippen molar-refractivity contribution in [3.63, 3.8) is 0 Å². The van der Waals surface area contributed by atoms with Crippen molar-refractivity contribution in [1.82, 2.24) is 24.6 Å². The minimum absolute atomic E-state index is 0.0756. The van der Waals surface area contributed by atoms with Gasteiger partial charge in [0.05, 0.1) is 5.69 Å². The molecule has 1 amide bonds. The van der Waals surface area contributed by atoms with Crippen molar-refractivity contribution >= 4 is 11.9 Å². The molecule has 0 bridgehead atoms. The van der Waals surface area contributed by atoms with E-state index in [2.05, 4.69) is 20.9 Å². The minimum Gasteiger partial charge on any atom is -0.338 e. The van der Waals surface area contributed by atoms with Crippen LogP contribution in [-0.4, -0.2) is 56.7 Å². The third kappa shape index (κ3) is 4.35. The number of hydrogen-bond acceptors (Lipinski definition) is 5. The van der Waals surface area contributed by atoms with Crippen LogP contribution in [0.1, 0.15) is 37.3 Å². The molecule has 0 spiro atoms. The number of rotatable bonds is 5. The largest absolute Gasteiger partial charge is 0.338 e. The molecule has 7 nitrogen and oxygen atoms in total. The summed E-state index contributed by atoms with van der Waals surface area (Å²) in [6, 6.07) is 10.3. The van der Waals surface area contributed by atoms with E-state index in [0.29, 0.717) is 38.0 Å². The number of halogens is 1. The summed E-state index contributed by atoms with van der Waals surface area (Å²) in [7, 11) is 0. The Morgan fingerprint density at radius 3 is 2.38 bits per heavy atom. The SMILES string of the molecule is O=C(Cn1nc(-c2ccc(F)cc2)cc1C1CCCC1)N1CCN(c2ncccn2)CC1. The van der Waals surface area contributed by atoms with Crippen LogP contribution in [0, 0.1) is 5.82 Å². The fraction of sp³-hybridized carbons (Fsp3) is 0.417. The van der Waals surface area contributed by atoms with Crippen molar-refractivity contribution in [2.75, 3.05) is 31.1 Å². The van der Waals surface area contributed by atoms with E-state index in [1.54, 1.807) is 30.6 Å². The third-order valence-electron chi connectivity index (χ3n) is 6.48. The van der Waals surface area contributed by atoms with Gasteiger partial charge in [-0.15, -0.1) is 0 Å². The van der Waals surface area contributed by atoms with Crippen molar-refractivity contribution in [1.29, 1.82) is 0 Å². The predicted molar refractivity (Wildman–Crippen MR) is 120 cm³/mol. The molecule has 2 fully saturated rings. The number of aromatic nitrogens is 4. The minimum atomic E-state index is -0.264. The van der Waals surface area contributed by atoms with Crippen LogP contribution in [0.2, 0.25) is 0 Å². The Morgan fingerprint density at radius 1 is 1.00 bits per heavy atom. The number of amides is 1. The van der Waals surface area contributed by atoms with Crippen LogP contribution < -0.4 is 4.90 Å². The van der Waals surface area contributed by atoms with Gasteiger partial charge in [-0.1, -0.05) is 12.8 Å². The summed E-state index contributed by atoms with van der Waals surface area (Å²) in [5, 5.41) is 4.77. The lowest BCUT2D eigenvalue weighted by Crippen LogP contribution is -2.50. The Bertz CT molecular complexity index is 1050. The Hall–Kier alpha value is -3.29. The van der Waals surface area contributed by atoms with Gasteiger partial charge in [-0.2, -0.15) is 5.10 Å². The van der Waals surface area contributed by atoms with Gasteiger partial charge in [0.1, 0.15) is 12.4 Å². The van der Waals surface area contributed by atoms with E-state index in [9.17, 15) is 9.18 Å². The molecule has 1 aliphatic heterocycles. The molecule has 166 valence electrons. The summed E-state index contributed by atoms with van der Waals surface area (Å²) in [5.74, 6) is 0.946. The molecular weight excluding hydrogens is 407 g/mol. The maximum absolute atomic E-state index is 13.4. The first-order valence-corrected chi connectivity index (χ1v) is 11.3. The molecule has 0 atom stereocenters. The molecule has 1 aliphatic carbocycles. The lowest BCUT2D eigenvalue weighted by Gasteiger charge is -2.34. The van der Waals surface area contributed by atoms with Gasteiger partial charge in [-0.25, -0.2) is 14.4 Å². The Balaban J connectivity index is 1.30. The lowest BCUT2D eigenvalue weighted by atomic mass is 10.0. The van der Waals surface area contributed by atoms with E-state index in [1.807, 2.05) is 9.58 Å². The number of piperazine rings is 1. The van der Waals surface area contributed by atoms with Crippen molar-refractivity contribution < 1.29 is 9.18 Å². The second-order valence-electron chi connectivity index (χ2n) is 8.52. The summed E-state index contributed by atoms with van der Waals surface area (Å²) in [4.78, 5) is 25.8. The van der Waals surface area contributed by atoms with Crippen LogP contribution in [0.4, 0.5) is 10.3 Å². The molecule has 2 aliphatic rings. The van der Waals surface area contributed by atoms with E-state index in [-0.39, 0.29) is 18.3 Å². The average Bonchev–Trinajstić information content (AvgIpc) is 3.50. The van der Waals surface area contributed by atoms with E-state index in [1.165, 1.54) is 25.0 Å². The van der Waals surface area contributed by atoms with E-state index in [4.69, 9.17) is 5.10 Å². The summed E-state index contributed by atoms with van der Waals surface area (Å²) in [5.41, 5.74) is 2.78.